The fraction of sp³-hybridized carbons (Fsp3) is 0.0909. The largest absolute Gasteiger partial charge is 0.504 e. The zero-order chi connectivity index (χ0) is 22.1. The first kappa shape index (κ1) is 20.4. The first-order chi connectivity index (χ1) is 14.9. The van der Waals surface area contributed by atoms with Crippen LogP contribution in [0.4, 0.5) is 10.5 Å². The van der Waals surface area contributed by atoms with Crippen molar-refractivity contribution in [2.24, 2.45) is 0 Å². The van der Waals surface area contributed by atoms with E-state index in [2.05, 4.69) is 0 Å². The zero-order valence-corrected chi connectivity index (χ0v) is 17.1. The van der Waals surface area contributed by atoms with Gasteiger partial charge in [0.15, 0.2) is 11.5 Å². The molecule has 2 amide bonds. The van der Waals surface area contributed by atoms with E-state index in [0.29, 0.717) is 11.8 Å². The van der Waals surface area contributed by atoms with E-state index in [4.69, 9.17) is 4.74 Å². The smallest absolute Gasteiger partial charge is 0.293 e. The van der Waals surface area contributed by atoms with E-state index in [-0.39, 0.29) is 34.2 Å². The fourth-order valence-electron chi connectivity index (χ4n) is 3.36. The van der Waals surface area contributed by atoms with Crippen molar-refractivity contribution < 1.29 is 24.4 Å². The summed E-state index contributed by atoms with van der Waals surface area (Å²) in [4.78, 5) is 37.2. The second-order valence-electron chi connectivity index (χ2n) is 6.75. The Bertz CT molecular complexity index is 1260. The van der Waals surface area contributed by atoms with Gasteiger partial charge in [-0.3, -0.25) is 24.6 Å². The Balaban J connectivity index is 1.68. The predicted molar refractivity (Wildman–Crippen MR) is 117 cm³/mol. The van der Waals surface area contributed by atoms with Crippen LogP contribution in [-0.4, -0.2) is 33.2 Å². The van der Waals surface area contributed by atoms with Crippen LogP contribution in [0, 0.1) is 10.1 Å². The first-order valence-corrected chi connectivity index (χ1v) is 9.98. The van der Waals surface area contributed by atoms with Gasteiger partial charge in [0.2, 0.25) is 0 Å². The second kappa shape index (κ2) is 8.11. The lowest BCUT2D eigenvalue weighted by Gasteiger charge is -2.14. The van der Waals surface area contributed by atoms with Crippen LogP contribution in [0.1, 0.15) is 11.1 Å². The Morgan fingerprint density at radius 3 is 2.65 bits per heavy atom. The van der Waals surface area contributed by atoms with Crippen molar-refractivity contribution in [2.45, 2.75) is 6.54 Å². The topological polar surface area (TPSA) is 110 Å². The van der Waals surface area contributed by atoms with Gasteiger partial charge < -0.3 is 9.84 Å². The van der Waals surface area contributed by atoms with E-state index in [1.54, 1.807) is 0 Å². The maximum atomic E-state index is 12.9. The molecule has 0 bridgehead atoms. The number of nitro groups is 1. The lowest BCUT2D eigenvalue weighted by molar-refractivity contribution is -0.385. The molecule has 8 nitrogen and oxygen atoms in total. The van der Waals surface area contributed by atoms with Crippen molar-refractivity contribution in [3.8, 4) is 11.5 Å². The highest BCUT2D eigenvalue weighted by Crippen LogP contribution is 2.39. The van der Waals surface area contributed by atoms with Crippen LogP contribution in [0.25, 0.3) is 16.8 Å². The summed E-state index contributed by atoms with van der Waals surface area (Å²) in [5, 5.41) is 23.0. The number of benzene rings is 3. The number of nitrogens with zero attached hydrogens (tertiary/aromatic N) is 2. The summed E-state index contributed by atoms with van der Waals surface area (Å²) in [7, 11) is 1.26. The Labute approximate surface area is 180 Å². The van der Waals surface area contributed by atoms with Crippen molar-refractivity contribution >= 4 is 45.4 Å². The summed E-state index contributed by atoms with van der Waals surface area (Å²) in [6.07, 6.45) is 1.26. The summed E-state index contributed by atoms with van der Waals surface area (Å²) in [6.45, 7) is 0.0909. The van der Waals surface area contributed by atoms with Crippen LogP contribution in [-0.2, 0) is 11.3 Å². The number of phenols is 1. The van der Waals surface area contributed by atoms with Crippen LogP contribution in [0.2, 0.25) is 0 Å². The van der Waals surface area contributed by atoms with Crippen LogP contribution in [0.3, 0.4) is 0 Å². The second-order valence-corrected chi connectivity index (χ2v) is 7.74. The van der Waals surface area contributed by atoms with Crippen LogP contribution < -0.4 is 4.74 Å². The number of aromatic hydroxyl groups is 1. The number of methoxy groups -OCH3 is 1. The highest BCUT2D eigenvalue weighted by atomic mass is 32.2. The molecule has 0 radical (unpaired) electrons. The number of rotatable bonds is 5. The number of amides is 2. The molecular weight excluding hydrogens is 420 g/mol. The highest BCUT2D eigenvalue weighted by Gasteiger charge is 2.35. The van der Waals surface area contributed by atoms with Gasteiger partial charge in [-0.15, -0.1) is 0 Å². The van der Waals surface area contributed by atoms with Gasteiger partial charge in [-0.25, -0.2) is 0 Å². The molecule has 156 valence electrons. The van der Waals surface area contributed by atoms with Crippen molar-refractivity contribution in [1.29, 1.82) is 0 Å². The molecule has 1 N–H and O–H groups in total. The summed E-state index contributed by atoms with van der Waals surface area (Å²) in [5.41, 5.74) is 0.527. The van der Waals surface area contributed by atoms with Crippen LogP contribution in [0.15, 0.2) is 59.5 Å². The SMILES string of the molecule is COc1cc([N+](=O)[O-])cc(/C=C2/SC(=O)N(Cc3cccc4ccccc34)C2=O)c1O. The monoisotopic (exact) mass is 436 g/mol. The molecule has 3 aromatic carbocycles. The molecule has 1 saturated heterocycles. The number of fused-ring (bicyclic) bond motifs is 1. The summed E-state index contributed by atoms with van der Waals surface area (Å²) in [5.74, 6) is -0.989. The van der Waals surface area contributed by atoms with Crippen LogP contribution >= 0.6 is 11.8 Å². The number of phenolic OH excluding ortho intramolecular Hbond substituents is 1. The van der Waals surface area contributed by atoms with Gasteiger partial charge in [0.25, 0.3) is 16.8 Å². The number of thioether (sulfide) groups is 1. The minimum Gasteiger partial charge on any atom is -0.504 e. The third kappa shape index (κ3) is 3.82. The molecule has 4 rings (SSSR count). The van der Waals surface area contributed by atoms with Gasteiger partial charge in [0.1, 0.15) is 0 Å². The maximum Gasteiger partial charge on any atom is 0.293 e. The van der Waals surface area contributed by atoms with E-state index in [9.17, 15) is 24.8 Å². The van der Waals surface area contributed by atoms with E-state index in [1.807, 2.05) is 42.5 Å². The summed E-state index contributed by atoms with van der Waals surface area (Å²) < 4.78 is 4.98. The molecule has 0 aliphatic carbocycles. The molecule has 1 fully saturated rings. The summed E-state index contributed by atoms with van der Waals surface area (Å²) in [6, 6.07) is 15.5. The van der Waals surface area contributed by atoms with Crippen molar-refractivity contribution in [1.82, 2.24) is 4.90 Å². The Hall–Kier alpha value is -3.85. The number of hydrogen-bond acceptors (Lipinski definition) is 7. The number of hydrogen-bond donors (Lipinski definition) is 1. The molecule has 3 aromatic rings. The van der Waals surface area contributed by atoms with Gasteiger partial charge in [-0.05, 0) is 34.2 Å². The van der Waals surface area contributed by atoms with Gasteiger partial charge in [0, 0.05) is 11.6 Å². The molecule has 1 heterocycles. The maximum absolute atomic E-state index is 12.9. The number of carbonyl (C=O) groups is 2. The zero-order valence-electron chi connectivity index (χ0n) is 16.3. The van der Waals surface area contributed by atoms with E-state index in [1.165, 1.54) is 13.2 Å². The van der Waals surface area contributed by atoms with Gasteiger partial charge in [-0.1, -0.05) is 42.5 Å². The van der Waals surface area contributed by atoms with Gasteiger partial charge in [0.05, 0.1) is 29.5 Å². The molecule has 0 saturated carbocycles. The molecule has 1 aliphatic heterocycles. The molecule has 31 heavy (non-hydrogen) atoms. The third-order valence-electron chi connectivity index (χ3n) is 4.89. The molecule has 1 aliphatic rings. The predicted octanol–water partition coefficient (Wildman–Crippen LogP) is 4.70. The molecule has 0 spiro atoms. The molecule has 0 aromatic heterocycles. The Kier molecular flexibility index (Phi) is 5.35. The normalized spacial score (nSPS) is 15.1. The van der Waals surface area contributed by atoms with Crippen molar-refractivity contribution in [3.63, 3.8) is 0 Å². The minimum absolute atomic E-state index is 0.0155. The highest BCUT2D eigenvalue weighted by molar-refractivity contribution is 8.18. The quantitative estimate of drug-likeness (QED) is 0.351. The standard InChI is InChI=1S/C22H16N2O6S/c1-30-18-11-16(24(28)29)9-15(20(18)25)10-19-21(26)23(22(27)31-19)12-14-7-4-6-13-5-2-3-8-17(13)14/h2-11,25H,12H2,1H3/b19-10+. The average molecular weight is 436 g/mol. The Morgan fingerprint density at radius 1 is 1.16 bits per heavy atom. The molecular formula is C22H16N2O6S. The molecule has 0 atom stereocenters. The lowest BCUT2D eigenvalue weighted by atomic mass is 10.0. The van der Waals surface area contributed by atoms with Crippen molar-refractivity contribution in [2.75, 3.05) is 7.11 Å². The minimum atomic E-state index is -0.633. The molecule has 9 heteroatoms. The molecule has 0 unspecified atom stereocenters. The number of carbonyl (C=O) groups excluding carboxylic acids is 2. The fourth-order valence-corrected chi connectivity index (χ4v) is 4.19. The van der Waals surface area contributed by atoms with Gasteiger partial charge >= 0.3 is 0 Å². The first-order valence-electron chi connectivity index (χ1n) is 9.16. The van der Waals surface area contributed by atoms with E-state index < -0.39 is 16.1 Å². The number of non-ortho nitro benzene ring substituents is 1. The number of nitro benzene ring substituents is 1. The lowest BCUT2D eigenvalue weighted by Crippen LogP contribution is -2.27. The number of imide groups is 1. The van der Waals surface area contributed by atoms with Crippen LogP contribution in [0.5, 0.6) is 11.5 Å². The summed E-state index contributed by atoms with van der Waals surface area (Å²) >= 11 is 0.714. The van der Waals surface area contributed by atoms with E-state index >= 15 is 0 Å². The van der Waals surface area contributed by atoms with E-state index in [0.717, 1.165) is 33.4 Å². The number of ether oxygens (including phenoxy) is 1. The van der Waals surface area contributed by atoms with Gasteiger partial charge in [-0.2, -0.15) is 0 Å². The average Bonchev–Trinajstić information content (AvgIpc) is 3.02. The van der Waals surface area contributed by atoms with Crippen molar-refractivity contribution in [3.05, 3.63) is 80.7 Å². The third-order valence-corrected chi connectivity index (χ3v) is 5.80. The Morgan fingerprint density at radius 2 is 1.90 bits per heavy atom.